The van der Waals surface area contributed by atoms with E-state index < -0.39 is 0 Å². The van der Waals surface area contributed by atoms with E-state index in [2.05, 4.69) is 14.9 Å². The molecular formula is C9H15N3O2S. The number of rotatable bonds is 5. The highest BCUT2D eigenvalue weighted by atomic mass is 32.1. The van der Waals surface area contributed by atoms with Crippen LogP contribution in [0.25, 0.3) is 0 Å². The summed E-state index contributed by atoms with van der Waals surface area (Å²) in [6.07, 6.45) is 0.703. The Hall–Kier alpha value is -1.01. The summed E-state index contributed by atoms with van der Waals surface area (Å²) >= 11 is 1.11. The summed E-state index contributed by atoms with van der Waals surface area (Å²) in [7, 11) is 0. The maximum atomic E-state index is 11.6. The van der Waals surface area contributed by atoms with Crippen molar-refractivity contribution in [1.82, 2.24) is 14.9 Å². The minimum absolute atomic E-state index is 0.0694. The smallest absolute Gasteiger partial charge is 0.264 e. The van der Waals surface area contributed by atoms with E-state index in [9.17, 15) is 4.79 Å². The van der Waals surface area contributed by atoms with Crippen molar-refractivity contribution in [1.29, 1.82) is 0 Å². The van der Waals surface area contributed by atoms with Crippen LogP contribution < -0.4 is 5.32 Å². The average molecular weight is 229 g/mol. The highest BCUT2D eigenvalue weighted by Crippen LogP contribution is 2.10. The summed E-state index contributed by atoms with van der Waals surface area (Å²) < 4.78 is 3.74. The largest absolute Gasteiger partial charge is 0.396 e. The third kappa shape index (κ3) is 3.24. The molecule has 2 N–H and O–H groups in total. The summed E-state index contributed by atoms with van der Waals surface area (Å²) in [6, 6.07) is 0. The maximum Gasteiger partial charge on any atom is 0.264 e. The number of aryl methyl sites for hydroxylation is 1. The second-order valence-corrected chi connectivity index (χ2v) is 4.15. The standard InChI is InChI=1S/C9H15N3O2S/c1-3-7-8(15-12-11-7)9(14)10-4-6(2)5-13/h6,13H,3-5H2,1-2H3,(H,10,14). The van der Waals surface area contributed by atoms with Crippen LogP contribution in [-0.4, -0.2) is 33.8 Å². The minimum atomic E-state index is -0.151. The average Bonchev–Trinajstić information content (AvgIpc) is 2.73. The van der Waals surface area contributed by atoms with Gasteiger partial charge in [0.05, 0.1) is 5.69 Å². The summed E-state index contributed by atoms with van der Waals surface area (Å²) in [6.45, 7) is 4.34. The molecule has 1 heterocycles. The van der Waals surface area contributed by atoms with Crippen molar-refractivity contribution in [3.05, 3.63) is 10.6 Å². The van der Waals surface area contributed by atoms with Gasteiger partial charge in [0.2, 0.25) is 0 Å². The molecule has 0 spiro atoms. The van der Waals surface area contributed by atoms with E-state index in [1.807, 2.05) is 13.8 Å². The van der Waals surface area contributed by atoms with Gasteiger partial charge < -0.3 is 10.4 Å². The fourth-order valence-corrected chi connectivity index (χ4v) is 1.69. The number of carbonyl (C=O) groups excluding carboxylic acids is 1. The molecule has 5 nitrogen and oxygen atoms in total. The molecule has 1 rings (SSSR count). The Labute approximate surface area is 92.7 Å². The lowest BCUT2D eigenvalue weighted by molar-refractivity contribution is 0.0945. The molecule has 1 unspecified atom stereocenters. The number of aliphatic hydroxyl groups excluding tert-OH is 1. The number of aliphatic hydroxyl groups is 1. The first-order chi connectivity index (χ1) is 7.19. The van der Waals surface area contributed by atoms with E-state index in [4.69, 9.17) is 5.11 Å². The zero-order chi connectivity index (χ0) is 11.3. The molecule has 1 atom stereocenters. The molecule has 84 valence electrons. The van der Waals surface area contributed by atoms with Crippen LogP contribution in [0.4, 0.5) is 0 Å². The quantitative estimate of drug-likeness (QED) is 0.769. The Balaban J connectivity index is 2.54. The van der Waals surface area contributed by atoms with E-state index in [1.54, 1.807) is 0 Å². The monoisotopic (exact) mass is 229 g/mol. The van der Waals surface area contributed by atoms with Crippen molar-refractivity contribution in [2.75, 3.05) is 13.2 Å². The first-order valence-electron chi connectivity index (χ1n) is 4.89. The number of carbonyl (C=O) groups is 1. The van der Waals surface area contributed by atoms with E-state index >= 15 is 0 Å². The van der Waals surface area contributed by atoms with Crippen molar-refractivity contribution in [2.24, 2.45) is 5.92 Å². The van der Waals surface area contributed by atoms with Crippen molar-refractivity contribution in [3.8, 4) is 0 Å². The third-order valence-corrected chi connectivity index (χ3v) is 2.79. The number of hydrogen-bond donors (Lipinski definition) is 2. The lowest BCUT2D eigenvalue weighted by Gasteiger charge is -2.08. The molecule has 0 aliphatic carbocycles. The van der Waals surface area contributed by atoms with Crippen LogP contribution in [0.15, 0.2) is 0 Å². The highest BCUT2D eigenvalue weighted by Gasteiger charge is 2.14. The normalized spacial score (nSPS) is 12.5. The van der Waals surface area contributed by atoms with Crippen LogP contribution in [0, 0.1) is 5.92 Å². The first-order valence-corrected chi connectivity index (χ1v) is 5.66. The molecular weight excluding hydrogens is 214 g/mol. The molecule has 1 aromatic heterocycles. The van der Waals surface area contributed by atoms with Crippen LogP contribution in [0.2, 0.25) is 0 Å². The molecule has 6 heteroatoms. The number of aromatic nitrogens is 2. The zero-order valence-electron chi connectivity index (χ0n) is 8.86. The predicted octanol–water partition coefficient (Wildman–Crippen LogP) is 0.459. The topological polar surface area (TPSA) is 75.1 Å². The van der Waals surface area contributed by atoms with Gasteiger partial charge in [0, 0.05) is 13.2 Å². The van der Waals surface area contributed by atoms with E-state index in [-0.39, 0.29) is 18.4 Å². The van der Waals surface area contributed by atoms with Crippen molar-refractivity contribution in [3.63, 3.8) is 0 Å². The van der Waals surface area contributed by atoms with Gasteiger partial charge in [-0.15, -0.1) is 5.10 Å². The van der Waals surface area contributed by atoms with Crippen LogP contribution in [0.1, 0.15) is 29.2 Å². The van der Waals surface area contributed by atoms with Gasteiger partial charge in [-0.25, -0.2) is 0 Å². The van der Waals surface area contributed by atoms with E-state index in [0.29, 0.717) is 17.8 Å². The molecule has 1 amide bonds. The fourth-order valence-electron chi connectivity index (χ4n) is 1.02. The van der Waals surface area contributed by atoms with Crippen molar-refractivity contribution >= 4 is 17.4 Å². The minimum Gasteiger partial charge on any atom is -0.396 e. The van der Waals surface area contributed by atoms with E-state index in [1.165, 1.54) is 0 Å². The number of nitrogens with zero attached hydrogens (tertiary/aromatic N) is 2. The Kier molecular flexibility index (Phi) is 4.64. The molecule has 0 aliphatic rings. The molecule has 15 heavy (non-hydrogen) atoms. The van der Waals surface area contributed by atoms with Gasteiger partial charge in [0.15, 0.2) is 0 Å². The van der Waals surface area contributed by atoms with Gasteiger partial charge >= 0.3 is 0 Å². The van der Waals surface area contributed by atoms with Gasteiger partial charge in [-0.3, -0.25) is 4.79 Å². The molecule has 0 saturated heterocycles. The number of hydrogen-bond acceptors (Lipinski definition) is 5. The SMILES string of the molecule is CCc1nnsc1C(=O)NCC(C)CO. The summed E-state index contributed by atoms with van der Waals surface area (Å²) in [5.74, 6) is -0.0814. The molecule has 0 bridgehead atoms. The molecule has 0 aliphatic heterocycles. The molecule has 0 aromatic carbocycles. The zero-order valence-corrected chi connectivity index (χ0v) is 9.67. The fraction of sp³-hybridized carbons (Fsp3) is 0.667. The molecule has 0 fully saturated rings. The molecule has 1 aromatic rings. The summed E-state index contributed by atoms with van der Waals surface area (Å²) in [4.78, 5) is 12.2. The van der Waals surface area contributed by atoms with Crippen LogP contribution in [-0.2, 0) is 6.42 Å². The molecule has 0 saturated carbocycles. The van der Waals surface area contributed by atoms with Crippen LogP contribution in [0.3, 0.4) is 0 Å². The second-order valence-electron chi connectivity index (χ2n) is 3.40. The second kappa shape index (κ2) is 5.77. The van der Waals surface area contributed by atoms with E-state index in [0.717, 1.165) is 17.2 Å². The number of amides is 1. The van der Waals surface area contributed by atoms with Crippen LogP contribution in [0.5, 0.6) is 0 Å². The highest BCUT2D eigenvalue weighted by molar-refractivity contribution is 7.08. The van der Waals surface area contributed by atoms with Gasteiger partial charge in [0.1, 0.15) is 4.88 Å². The lowest BCUT2D eigenvalue weighted by atomic mass is 10.2. The van der Waals surface area contributed by atoms with Gasteiger partial charge in [0.25, 0.3) is 5.91 Å². The van der Waals surface area contributed by atoms with Crippen molar-refractivity contribution < 1.29 is 9.90 Å². The third-order valence-electron chi connectivity index (χ3n) is 2.02. The number of nitrogens with one attached hydrogen (secondary N) is 1. The maximum absolute atomic E-state index is 11.6. The predicted molar refractivity (Wildman–Crippen MR) is 57.9 cm³/mol. The summed E-state index contributed by atoms with van der Waals surface area (Å²) in [5, 5.41) is 15.4. The summed E-state index contributed by atoms with van der Waals surface area (Å²) in [5.41, 5.74) is 0.731. The Morgan fingerprint density at radius 3 is 3.00 bits per heavy atom. The van der Waals surface area contributed by atoms with Gasteiger partial charge in [-0.05, 0) is 23.9 Å². The van der Waals surface area contributed by atoms with Gasteiger partial charge in [-0.2, -0.15) is 0 Å². The lowest BCUT2D eigenvalue weighted by Crippen LogP contribution is -2.29. The Morgan fingerprint density at radius 1 is 1.67 bits per heavy atom. The van der Waals surface area contributed by atoms with Crippen LogP contribution >= 0.6 is 11.5 Å². The molecule has 0 radical (unpaired) electrons. The first kappa shape index (κ1) is 12.1. The Morgan fingerprint density at radius 2 is 2.40 bits per heavy atom. The Bertz CT molecular complexity index is 327. The van der Waals surface area contributed by atoms with Crippen molar-refractivity contribution in [2.45, 2.75) is 20.3 Å². The van der Waals surface area contributed by atoms with Gasteiger partial charge in [-0.1, -0.05) is 18.3 Å².